The Labute approximate surface area is 135 Å². The zero-order valence-electron chi connectivity index (χ0n) is 12.8. The number of nitrogens with zero attached hydrogens (tertiary/aromatic N) is 3. The second-order valence-corrected chi connectivity index (χ2v) is 5.78. The van der Waals surface area contributed by atoms with Gasteiger partial charge in [-0.3, -0.25) is 14.3 Å². The quantitative estimate of drug-likeness (QED) is 0.857. The molecule has 3 rings (SSSR count). The molecule has 0 atom stereocenters. The number of halogens is 3. The van der Waals surface area contributed by atoms with Gasteiger partial charge in [-0.1, -0.05) is 0 Å². The predicted molar refractivity (Wildman–Crippen MR) is 75.2 cm³/mol. The molecule has 2 heterocycles. The molecule has 1 aliphatic carbocycles. The van der Waals surface area contributed by atoms with E-state index in [1.165, 1.54) is 0 Å². The molecule has 10 heteroatoms. The van der Waals surface area contributed by atoms with Crippen LogP contribution in [0.25, 0.3) is 0 Å². The van der Waals surface area contributed by atoms with Crippen molar-refractivity contribution >= 4 is 11.8 Å². The fourth-order valence-electron chi connectivity index (χ4n) is 2.48. The minimum atomic E-state index is -4.59. The van der Waals surface area contributed by atoms with E-state index in [2.05, 4.69) is 10.4 Å². The van der Waals surface area contributed by atoms with Crippen LogP contribution in [0.5, 0.6) is 0 Å². The summed E-state index contributed by atoms with van der Waals surface area (Å²) < 4.78 is 44.6. The zero-order valence-corrected chi connectivity index (χ0v) is 12.8. The lowest BCUT2D eigenvalue weighted by molar-refractivity contribution is -0.142. The number of hydrogen-bond acceptors (Lipinski definition) is 4. The number of amides is 2. The number of alkyl halides is 3. The van der Waals surface area contributed by atoms with E-state index in [4.69, 9.17) is 4.74 Å². The van der Waals surface area contributed by atoms with Gasteiger partial charge in [0.05, 0.1) is 12.6 Å². The van der Waals surface area contributed by atoms with E-state index in [9.17, 15) is 22.8 Å². The summed E-state index contributed by atoms with van der Waals surface area (Å²) in [6.07, 6.45) is -3.17. The highest BCUT2D eigenvalue weighted by Gasteiger charge is 2.38. The van der Waals surface area contributed by atoms with Crippen LogP contribution < -0.4 is 5.32 Å². The van der Waals surface area contributed by atoms with E-state index in [-0.39, 0.29) is 37.3 Å². The summed E-state index contributed by atoms with van der Waals surface area (Å²) in [6.45, 7) is 1.33. The molecule has 1 aliphatic heterocycles. The van der Waals surface area contributed by atoms with E-state index in [1.54, 1.807) is 4.90 Å². The molecule has 2 fully saturated rings. The molecule has 1 aromatic rings. The molecule has 0 radical (unpaired) electrons. The molecule has 1 saturated heterocycles. The fraction of sp³-hybridized carbons (Fsp3) is 0.643. The van der Waals surface area contributed by atoms with Crippen molar-refractivity contribution in [3.05, 3.63) is 17.5 Å². The Morgan fingerprint density at radius 1 is 1.42 bits per heavy atom. The molecule has 0 unspecified atom stereocenters. The van der Waals surface area contributed by atoms with Gasteiger partial charge in [0.15, 0.2) is 5.69 Å². The van der Waals surface area contributed by atoms with Gasteiger partial charge in [0.2, 0.25) is 5.91 Å². The summed E-state index contributed by atoms with van der Waals surface area (Å²) in [7, 11) is 0. The Hall–Kier alpha value is -2.10. The van der Waals surface area contributed by atoms with Crippen molar-refractivity contribution in [1.29, 1.82) is 0 Å². The Kier molecular flexibility index (Phi) is 4.48. The Morgan fingerprint density at radius 2 is 2.17 bits per heavy atom. The van der Waals surface area contributed by atoms with Crippen molar-refractivity contribution in [3.63, 3.8) is 0 Å². The van der Waals surface area contributed by atoms with Gasteiger partial charge in [-0.05, 0) is 12.8 Å². The third-order valence-electron chi connectivity index (χ3n) is 3.90. The van der Waals surface area contributed by atoms with Crippen LogP contribution in [0.15, 0.2) is 6.07 Å². The Morgan fingerprint density at radius 3 is 2.79 bits per heavy atom. The number of carbonyl (C=O) groups excluding carboxylic acids is 2. The lowest BCUT2D eigenvalue weighted by Gasteiger charge is -2.26. The van der Waals surface area contributed by atoms with Crippen LogP contribution in [0, 0.1) is 0 Å². The van der Waals surface area contributed by atoms with Crippen molar-refractivity contribution in [1.82, 2.24) is 20.0 Å². The maximum Gasteiger partial charge on any atom is 0.435 e. The molecule has 7 nitrogen and oxygen atoms in total. The van der Waals surface area contributed by atoms with Gasteiger partial charge in [-0.15, -0.1) is 0 Å². The van der Waals surface area contributed by atoms with Gasteiger partial charge in [0, 0.05) is 25.7 Å². The van der Waals surface area contributed by atoms with E-state index in [0.717, 1.165) is 10.7 Å². The van der Waals surface area contributed by atoms with E-state index < -0.39 is 17.8 Å². The van der Waals surface area contributed by atoms with Crippen molar-refractivity contribution < 1.29 is 27.5 Å². The first-order valence-corrected chi connectivity index (χ1v) is 7.66. The molecular formula is C14H17F3N4O3. The van der Waals surface area contributed by atoms with Crippen molar-refractivity contribution in [3.8, 4) is 0 Å². The Balaban J connectivity index is 1.62. The molecule has 132 valence electrons. The highest BCUT2D eigenvalue weighted by molar-refractivity contribution is 5.92. The second kappa shape index (κ2) is 6.42. The lowest BCUT2D eigenvalue weighted by Crippen LogP contribution is -2.45. The summed E-state index contributed by atoms with van der Waals surface area (Å²) >= 11 is 0. The van der Waals surface area contributed by atoms with Gasteiger partial charge in [0.25, 0.3) is 5.91 Å². The number of carbonyl (C=O) groups is 2. The van der Waals surface area contributed by atoms with Crippen LogP contribution in [0.3, 0.4) is 0 Å². The molecule has 1 saturated carbocycles. The maximum absolute atomic E-state index is 12.8. The standard InChI is InChI=1S/C14H17F3N4O3/c15-14(16,17)11-7-10(21(19-11)9-1-2-9)13(23)18-3-4-20-5-6-24-8-12(20)22/h7,9H,1-6,8H2,(H,18,23). The molecule has 24 heavy (non-hydrogen) atoms. The lowest BCUT2D eigenvalue weighted by atomic mass is 10.3. The smallest absolute Gasteiger partial charge is 0.370 e. The second-order valence-electron chi connectivity index (χ2n) is 5.78. The maximum atomic E-state index is 12.8. The monoisotopic (exact) mass is 346 g/mol. The van der Waals surface area contributed by atoms with Gasteiger partial charge < -0.3 is 15.0 Å². The SMILES string of the molecule is O=C(NCCN1CCOCC1=O)c1cc(C(F)(F)F)nn1C1CC1. The normalized spacial score (nSPS) is 18.8. The predicted octanol–water partition coefficient (Wildman–Crippen LogP) is 0.825. The summed E-state index contributed by atoms with van der Waals surface area (Å²) in [5.74, 6) is -0.788. The fourth-order valence-corrected chi connectivity index (χ4v) is 2.48. The van der Waals surface area contributed by atoms with Crippen LogP contribution in [-0.2, 0) is 15.7 Å². The summed E-state index contributed by atoms with van der Waals surface area (Å²) in [5.41, 5.74) is -1.17. The highest BCUT2D eigenvalue weighted by atomic mass is 19.4. The highest BCUT2D eigenvalue weighted by Crippen LogP contribution is 2.37. The Bertz CT molecular complexity index is 640. The van der Waals surface area contributed by atoms with Crippen molar-refractivity contribution in [2.75, 3.05) is 32.8 Å². The molecule has 1 N–H and O–H groups in total. The first-order chi connectivity index (χ1) is 11.4. The molecule has 0 spiro atoms. The van der Waals surface area contributed by atoms with Crippen LogP contribution in [-0.4, -0.2) is 59.3 Å². The number of aromatic nitrogens is 2. The minimum Gasteiger partial charge on any atom is -0.370 e. The zero-order chi connectivity index (χ0) is 17.3. The first-order valence-electron chi connectivity index (χ1n) is 7.66. The van der Waals surface area contributed by atoms with Crippen LogP contribution >= 0.6 is 0 Å². The van der Waals surface area contributed by atoms with E-state index in [0.29, 0.717) is 26.0 Å². The number of rotatable bonds is 5. The van der Waals surface area contributed by atoms with Crippen molar-refractivity contribution in [2.24, 2.45) is 0 Å². The third kappa shape index (κ3) is 3.69. The molecule has 2 aliphatic rings. The van der Waals surface area contributed by atoms with E-state index >= 15 is 0 Å². The van der Waals surface area contributed by atoms with E-state index in [1.807, 2.05) is 0 Å². The first kappa shape index (κ1) is 16.7. The van der Waals surface area contributed by atoms with Gasteiger partial charge in [-0.25, -0.2) is 0 Å². The number of ether oxygens (including phenoxy) is 1. The van der Waals surface area contributed by atoms with Crippen LogP contribution in [0.1, 0.15) is 35.1 Å². The number of nitrogens with one attached hydrogen (secondary N) is 1. The van der Waals surface area contributed by atoms with Gasteiger partial charge >= 0.3 is 6.18 Å². The summed E-state index contributed by atoms with van der Waals surface area (Å²) in [5, 5.41) is 6.08. The summed E-state index contributed by atoms with van der Waals surface area (Å²) in [6, 6.07) is 0.621. The number of morpholine rings is 1. The summed E-state index contributed by atoms with van der Waals surface area (Å²) in [4.78, 5) is 25.3. The molecule has 0 bridgehead atoms. The molecule has 0 aromatic carbocycles. The third-order valence-corrected chi connectivity index (χ3v) is 3.90. The van der Waals surface area contributed by atoms with Crippen molar-refractivity contribution in [2.45, 2.75) is 25.1 Å². The minimum absolute atomic E-state index is 0.0112. The molecular weight excluding hydrogens is 329 g/mol. The van der Waals surface area contributed by atoms with Gasteiger partial charge in [0.1, 0.15) is 12.3 Å². The molecule has 2 amide bonds. The van der Waals surface area contributed by atoms with Crippen LogP contribution in [0.2, 0.25) is 0 Å². The average molecular weight is 346 g/mol. The number of hydrogen-bond donors (Lipinski definition) is 1. The van der Waals surface area contributed by atoms with Gasteiger partial charge in [-0.2, -0.15) is 18.3 Å². The average Bonchev–Trinajstić information content (AvgIpc) is 3.26. The largest absolute Gasteiger partial charge is 0.435 e. The molecule has 1 aromatic heterocycles. The van der Waals surface area contributed by atoms with Crippen LogP contribution in [0.4, 0.5) is 13.2 Å². The topological polar surface area (TPSA) is 76.5 Å².